The van der Waals surface area contributed by atoms with Crippen molar-refractivity contribution >= 4 is 41.2 Å². The summed E-state index contributed by atoms with van der Waals surface area (Å²) in [6.45, 7) is 0.742. The maximum atomic E-state index is 13.3. The van der Waals surface area contributed by atoms with Crippen LogP contribution in [0.1, 0.15) is 65.7 Å². The molecule has 36 heavy (non-hydrogen) atoms. The van der Waals surface area contributed by atoms with E-state index in [4.69, 9.17) is 0 Å². The zero-order valence-corrected chi connectivity index (χ0v) is 19.7. The van der Waals surface area contributed by atoms with Gasteiger partial charge in [0.15, 0.2) is 0 Å². The van der Waals surface area contributed by atoms with Crippen LogP contribution in [0.15, 0.2) is 18.2 Å². The topological polar surface area (TPSA) is 153 Å². The molecule has 11 nitrogen and oxygen atoms in total. The Bertz CT molecular complexity index is 1160. The Kier molecular flexibility index (Phi) is 6.23. The summed E-state index contributed by atoms with van der Waals surface area (Å²) in [5, 5.41) is 14.8. The SMILES string of the molecule is O=C1CCC(N2C(=O)c3cccc(N[C@H]4CC[C@H](C(=O)N5CC[C@@H](C(=O)O)C5)CC4)c3C2=O)C(=O)N1. The van der Waals surface area contributed by atoms with E-state index in [0.717, 1.165) is 4.90 Å². The molecular weight excluding hydrogens is 468 g/mol. The Morgan fingerprint density at radius 2 is 1.69 bits per heavy atom. The van der Waals surface area contributed by atoms with Crippen molar-refractivity contribution in [3.8, 4) is 0 Å². The van der Waals surface area contributed by atoms with Gasteiger partial charge in [-0.1, -0.05) is 6.07 Å². The van der Waals surface area contributed by atoms with Crippen molar-refractivity contribution in [1.82, 2.24) is 15.1 Å². The average Bonchev–Trinajstić information content (AvgIpc) is 3.44. The van der Waals surface area contributed by atoms with Crippen LogP contribution in [0.25, 0.3) is 0 Å². The molecule has 4 aliphatic rings. The number of carboxylic acids is 1. The van der Waals surface area contributed by atoms with Crippen molar-refractivity contribution in [2.24, 2.45) is 11.8 Å². The van der Waals surface area contributed by atoms with Gasteiger partial charge in [-0.05, 0) is 50.7 Å². The van der Waals surface area contributed by atoms with Crippen LogP contribution in [-0.2, 0) is 19.2 Å². The Hall–Kier alpha value is -3.76. The van der Waals surface area contributed by atoms with Gasteiger partial charge in [0.25, 0.3) is 11.8 Å². The van der Waals surface area contributed by atoms with Gasteiger partial charge in [-0.3, -0.25) is 39.0 Å². The Labute approximate surface area is 207 Å². The van der Waals surface area contributed by atoms with Crippen LogP contribution in [-0.4, -0.2) is 75.6 Å². The number of hydrogen-bond acceptors (Lipinski definition) is 7. The van der Waals surface area contributed by atoms with E-state index in [1.165, 1.54) is 0 Å². The smallest absolute Gasteiger partial charge is 0.308 e. The molecule has 3 heterocycles. The predicted molar refractivity (Wildman–Crippen MR) is 125 cm³/mol. The molecule has 3 aliphatic heterocycles. The van der Waals surface area contributed by atoms with E-state index in [1.54, 1.807) is 23.1 Å². The first-order chi connectivity index (χ1) is 17.2. The van der Waals surface area contributed by atoms with Gasteiger partial charge in [0.1, 0.15) is 6.04 Å². The molecule has 11 heteroatoms. The van der Waals surface area contributed by atoms with E-state index < -0.39 is 41.6 Å². The van der Waals surface area contributed by atoms with Crippen molar-refractivity contribution in [2.45, 2.75) is 57.0 Å². The number of piperidine rings is 1. The molecule has 5 rings (SSSR count). The summed E-state index contributed by atoms with van der Waals surface area (Å²) >= 11 is 0. The molecule has 1 aromatic rings. The minimum Gasteiger partial charge on any atom is -0.481 e. The van der Waals surface area contributed by atoms with E-state index in [-0.39, 0.29) is 48.4 Å². The lowest BCUT2D eigenvalue weighted by molar-refractivity contribution is -0.142. The molecule has 3 N–H and O–H groups in total. The third-order valence-electron chi connectivity index (χ3n) is 7.75. The second kappa shape index (κ2) is 9.36. The molecule has 1 saturated carbocycles. The summed E-state index contributed by atoms with van der Waals surface area (Å²) in [6.07, 6.45) is 3.32. The van der Waals surface area contributed by atoms with Gasteiger partial charge in [-0.25, -0.2) is 0 Å². The quantitative estimate of drug-likeness (QED) is 0.510. The highest BCUT2D eigenvalue weighted by molar-refractivity contribution is 6.25. The fourth-order valence-corrected chi connectivity index (χ4v) is 5.76. The first-order valence-corrected chi connectivity index (χ1v) is 12.4. The van der Waals surface area contributed by atoms with E-state index >= 15 is 0 Å². The van der Waals surface area contributed by atoms with Gasteiger partial charge in [0.05, 0.1) is 17.0 Å². The largest absolute Gasteiger partial charge is 0.481 e. The zero-order chi connectivity index (χ0) is 25.6. The zero-order valence-electron chi connectivity index (χ0n) is 19.7. The molecule has 1 aromatic carbocycles. The first kappa shape index (κ1) is 24.0. The molecule has 1 unspecified atom stereocenters. The lowest BCUT2D eigenvalue weighted by atomic mass is 9.85. The summed E-state index contributed by atoms with van der Waals surface area (Å²) in [7, 11) is 0. The number of benzene rings is 1. The summed E-state index contributed by atoms with van der Waals surface area (Å²) in [4.78, 5) is 76.8. The first-order valence-electron chi connectivity index (χ1n) is 12.4. The maximum Gasteiger partial charge on any atom is 0.308 e. The molecule has 190 valence electrons. The molecular formula is C25H28N4O7. The van der Waals surface area contributed by atoms with Crippen LogP contribution < -0.4 is 10.6 Å². The van der Waals surface area contributed by atoms with Crippen LogP contribution >= 0.6 is 0 Å². The summed E-state index contributed by atoms with van der Waals surface area (Å²) in [6, 6.07) is 3.95. The van der Waals surface area contributed by atoms with Gasteiger partial charge in [0.2, 0.25) is 17.7 Å². The molecule has 1 aliphatic carbocycles. The molecule has 5 amide bonds. The highest BCUT2D eigenvalue weighted by atomic mass is 16.4. The molecule has 2 atom stereocenters. The van der Waals surface area contributed by atoms with Crippen molar-refractivity contribution in [3.63, 3.8) is 0 Å². The minimum atomic E-state index is -1.02. The second-order valence-corrected chi connectivity index (χ2v) is 9.98. The number of carbonyl (C=O) groups is 6. The molecule has 0 aromatic heterocycles. The number of anilines is 1. The number of nitrogens with zero attached hydrogens (tertiary/aromatic N) is 2. The summed E-state index contributed by atoms with van der Waals surface area (Å²) in [5.41, 5.74) is 0.960. The molecule has 0 radical (unpaired) electrons. The number of hydrogen-bond donors (Lipinski definition) is 3. The highest BCUT2D eigenvalue weighted by Crippen LogP contribution is 2.35. The second-order valence-electron chi connectivity index (χ2n) is 9.98. The van der Waals surface area contributed by atoms with Crippen LogP contribution in [0.5, 0.6) is 0 Å². The Morgan fingerprint density at radius 1 is 0.944 bits per heavy atom. The monoisotopic (exact) mass is 496 g/mol. The van der Waals surface area contributed by atoms with E-state index in [2.05, 4.69) is 10.6 Å². The predicted octanol–water partition coefficient (Wildman–Crippen LogP) is 0.992. The number of likely N-dealkylation sites (tertiary alicyclic amines) is 1. The normalized spacial score (nSPS) is 28.2. The lowest BCUT2D eigenvalue weighted by Crippen LogP contribution is -2.54. The fraction of sp³-hybridized carbons (Fsp3) is 0.520. The number of carbonyl (C=O) groups excluding carboxylic acids is 5. The number of fused-ring (bicyclic) bond motifs is 1. The van der Waals surface area contributed by atoms with Crippen LogP contribution in [0.4, 0.5) is 5.69 Å². The van der Waals surface area contributed by atoms with Gasteiger partial charge in [0, 0.05) is 37.2 Å². The van der Waals surface area contributed by atoms with E-state index in [9.17, 15) is 33.9 Å². The van der Waals surface area contributed by atoms with Crippen LogP contribution in [0, 0.1) is 11.8 Å². The lowest BCUT2D eigenvalue weighted by Gasteiger charge is -2.31. The third kappa shape index (κ3) is 4.22. The van der Waals surface area contributed by atoms with E-state index in [1.807, 2.05) is 0 Å². The highest BCUT2D eigenvalue weighted by Gasteiger charge is 2.46. The average molecular weight is 497 g/mol. The number of carboxylic acid groups (broad SMARTS) is 1. The van der Waals surface area contributed by atoms with Crippen molar-refractivity contribution in [3.05, 3.63) is 29.3 Å². The molecule has 0 spiro atoms. The van der Waals surface area contributed by atoms with Gasteiger partial charge in [-0.15, -0.1) is 0 Å². The number of nitrogens with one attached hydrogen (secondary N) is 2. The van der Waals surface area contributed by atoms with Crippen molar-refractivity contribution in [1.29, 1.82) is 0 Å². The van der Waals surface area contributed by atoms with Crippen molar-refractivity contribution in [2.75, 3.05) is 18.4 Å². The van der Waals surface area contributed by atoms with Crippen molar-refractivity contribution < 1.29 is 33.9 Å². The summed E-state index contributed by atoms with van der Waals surface area (Å²) in [5.74, 6) is -3.67. The molecule has 3 fully saturated rings. The van der Waals surface area contributed by atoms with Crippen LogP contribution in [0.2, 0.25) is 0 Å². The molecule has 0 bridgehead atoms. The number of rotatable bonds is 5. The maximum absolute atomic E-state index is 13.3. The Balaban J connectivity index is 1.23. The van der Waals surface area contributed by atoms with Gasteiger partial charge >= 0.3 is 5.97 Å². The number of amides is 5. The molecule has 2 saturated heterocycles. The minimum absolute atomic E-state index is 0.00144. The Morgan fingerprint density at radius 3 is 2.36 bits per heavy atom. The number of imide groups is 2. The van der Waals surface area contributed by atoms with Gasteiger partial charge in [-0.2, -0.15) is 0 Å². The standard InChI is InChI=1S/C25H28N4O7/c30-19-9-8-18(21(31)27-19)29-23(33)16-2-1-3-17(20(16)24(29)34)26-15-6-4-13(5-7-15)22(32)28-11-10-14(12-28)25(35)36/h1-3,13-15,18,26H,4-12H2,(H,35,36)(H,27,30,31)/t13-,14-,15-,18?/m1/s1. The summed E-state index contributed by atoms with van der Waals surface area (Å²) < 4.78 is 0. The van der Waals surface area contributed by atoms with Crippen LogP contribution in [0.3, 0.4) is 0 Å². The van der Waals surface area contributed by atoms with E-state index in [0.29, 0.717) is 44.3 Å². The number of aliphatic carboxylic acids is 1. The van der Waals surface area contributed by atoms with Gasteiger partial charge < -0.3 is 15.3 Å². The third-order valence-corrected chi connectivity index (χ3v) is 7.75. The fourth-order valence-electron chi connectivity index (χ4n) is 5.76.